The van der Waals surface area contributed by atoms with Crippen LogP contribution in [0.5, 0.6) is 0 Å². The number of halogens is 1. The number of nitrogens with one attached hydrogen (secondary N) is 2. The van der Waals surface area contributed by atoms with E-state index in [1.54, 1.807) is 12.1 Å². The van der Waals surface area contributed by atoms with Crippen molar-refractivity contribution < 1.29 is 9.18 Å². The molecule has 0 unspecified atom stereocenters. The minimum absolute atomic E-state index is 0.188. The summed E-state index contributed by atoms with van der Waals surface area (Å²) in [5.74, 6) is 0.531. The van der Waals surface area contributed by atoms with Crippen molar-refractivity contribution in [2.75, 3.05) is 49.5 Å². The van der Waals surface area contributed by atoms with Gasteiger partial charge >= 0.3 is 6.03 Å². The van der Waals surface area contributed by atoms with Gasteiger partial charge in [0.2, 0.25) is 5.13 Å². The van der Waals surface area contributed by atoms with Crippen molar-refractivity contribution in [3.8, 4) is 0 Å². The molecule has 0 aliphatic carbocycles. The summed E-state index contributed by atoms with van der Waals surface area (Å²) in [6, 6.07) is 15.7. The Morgan fingerprint density at radius 1 is 1.03 bits per heavy atom. The molecule has 31 heavy (non-hydrogen) atoms. The van der Waals surface area contributed by atoms with E-state index < -0.39 is 0 Å². The number of anilines is 2. The molecule has 9 heteroatoms. The Bertz CT molecular complexity index is 973. The molecular weight excluding hydrogens is 415 g/mol. The van der Waals surface area contributed by atoms with Crippen LogP contribution in [0.1, 0.15) is 11.4 Å². The van der Waals surface area contributed by atoms with Crippen LogP contribution >= 0.6 is 11.5 Å². The number of para-hydroxylation sites is 1. The second-order valence-corrected chi connectivity index (χ2v) is 8.10. The van der Waals surface area contributed by atoms with Gasteiger partial charge in [-0.1, -0.05) is 30.3 Å². The maximum Gasteiger partial charge on any atom is 0.319 e. The topological polar surface area (TPSA) is 73.4 Å². The van der Waals surface area contributed by atoms with Crippen molar-refractivity contribution in [2.24, 2.45) is 0 Å². The van der Waals surface area contributed by atoms with Crippen LogP contribution in [0.4, 0.5) is 20.0 Å². The van der Waals surface area contributed by atoms with E-state index in [0.29, 0.717) is 13.0 Å². The van der Waals surface area contributed by atoms with Gasteiger partial charge in [0.05, 0.1) is 0 Å². The van der Waals surface area contributed by atoms with Gasteiger partial charge in [-0.3, -0.25) is 4.90 Å². The number of hydrogen-bond donors (Lipinski definition) is 2. The van der Waals surface area contributed by atoms with Gasteiger partial charge in [0.1, 0.15) is 11.6 Å². The van der Waals surface area contributed by atoms with Crippen LogP contribution in [-0.4, -0.2) is 59.6 Å². The summed E-state index contributed by atoms with van der Waals surface area (Å²) in [7, 11) is 0. The fraction of sp³-hybridized carbons (Fsp3) is 0.318. The second kappa shape index (κ2) is 10.3. The lowest BCUT2D eigenvalue weighted by Crippen LogP contribution is -2.48. The molecule has 2 heterocycles. The number of carbonyl (C=O) groups is 1. The Morgan fingerprint density at radius 2 is 1.77 bits per heavy atom. The van der Waals surface area contributed by atoms with Crippen LogP contribution in [0.15, 0.2) is 54.6 Å². The van der Waals surface area contributed by atoms with Crippen molar-refractivity contribution in [2.45, 2.75) is 6.42 Å². The summed E-state index contributed by atoms with van der Waals surface area (Å²) >= 11 is 1.41. The maximum absolute atomic E-state index is 13.0. The van der Waals surface area contributed by atoms with Crippen molar-refractivity contribution in [3.05, 3.63) is 71.8 Å². The lowest BCUT2D eigenvalue weighted by atomic mass is 10.1. The van der Waals surface area contributed by atoms with E-state index in [4.69, 9.17) is 0 Å². The average Bonchev–Trinajstić information content (AvgIpc) is 3.25. The SMILES string of the molecule is O=C(NCCN1CCN(c2nc(Cc3ccc(F)cc3)ns2)CC1)Nc1ccccc1. The first-order valence-electron chi connectivity index (χ1n) is 10.3. The molecule has 0 bridgehead atoms. The molecule has 2 N–H and O–H groups in total. The van der Waals surface area contributed by atoms with Gasteiger partial charge in [0.25, 0.3) is 0 Å². The van der Waals surface area contributed by atoms with Crippen LogP contribution in [0.3, 0.4) is 0 Å². The van der Waals surface area contributed by atoms with Crippen LogP contribution in [-0.2, 0) is 6.42 Å². The predicted molar refractivity (Wildman–Crippen MR) is 121 cm³/mol. The van der Waals surface area contributed by atoms with Crippen molar-refractivity contribution >= 4 is 28.4 Å². The fourth-order valence-electron chi connectivity index (χ4n) is 3.42. The zero-order chi connectivity index (χ0) is 21.5. The largest absolute Gasteiger partial charge is 0.344 e. The van der Waals surface area contributed by atoms with E-state index in [-0.39, 0.29) is 11.8 Å². The molecule has 0 spiro atoms. The van der Waals surface area contributed by atoms with Crippen LogP contribution in [0.2, 0.25) is 0 Å². The Hall–Kier alpha value is -3.04. The van der Waals surface area contributed by atoms with Crippen molar-refractivity contribution in [1.29, 1.82) is 0 Å². The first kappa shape index (κ1) is 21.2. The smallest absolute Gasteiger partial charge is 0.319 e. The van der Waals surface area contributed by atoms with Gasteiger partial charge in [-0.15, -0.1) is 0 Å². The first-order valence-corrected chi connectivity index (χ1v) is 11.1. The molecule has 4 rings (SSSR count). The number of amides is 2. The Kier molecular flexibility index (Phi) is 7.06. The molecule has 1 saturated heterocycles. The molecule has 3 aromatic rings. The number of aromatic nitrogens is 2. The van der Waals surface area contributed by atoms with E-state index in [2.05, 4.69) is 29.8 Å². The Morgan fingerprint density at radius 3 is 2.52 bits per heavy atom. The molecule has 2 amide bonds. The van der Waals surface area contributed by atoms with Gasteiger partial charge in [0, 0.05) is 62.9 Å². The Labute approximate surface area is 185 Å². The summed E-state index contributed by atoms with van der Waals surface area (Å²) < 4.78 is 17.5. The highest BCUT2D eigenvalue weighted by molar-refractivity contribution is 7.09. The van der Waals surface area contributed by atoms with Crippen LogP contribution < -0.4 is 15.5 Å². The Balaban J connectivity index is 1.17. The number of rotatable bonds is 7. The second-order valence-electron chi connectivity index (χ2n) is 7.37. The molecule has 1 fully saturated rings. The number of piperazine rings is 1. The van der Waals surface area contributed by atoms with E-state index >= 15 is 0 Å². The highest BCUT2D eigenvalue weighted by Crippen LogP contribution is 2.20. The minimum Gasteiger partial charge on any atom is -0.344 e. The predicted octanol–water partition coefficient (Wildman–Crippen LogP) is 3.21. The summed E-state index contributed by atoms with van der Waals surface area (Å²) in [5, 5.41) is 6.65. The summed E-state index contributed by atoms with van der Waals surface area (Å²) in [4.78, 5) is 21.2. The summed E-state index contributed by atoms with van der Waals surface area (Å²) in [6.07, 6.45) is 0.605. The zero-order valence-electron chi connectivity index (χ0n) is 17.1. The molecular formula is C22H25FN6OS. The van der Waals surface area contributed by atoms with E-state index in [9.17, 15) is 9.18 Å². The molecule has 2 aromatic carbocycles. The summed E-state index contributed by atoms with van der Waals surface area (Å²) in [5.41, 5.74) is 1.78. The molecule has 0 atom stereocenters. The summed E-state index contributed by atoms with van der Waals surface area (Å²) in [6.45, 7) is 4.98. The molecule has 0 radical (unpaired) electrons. The third-order valence-electron chi connectivity index (χ3n) is 5.12. The van der Waals surface area contributed by atoms with Gasteiger partial charge in [-0.25, -0.2) is 14.2 Å². The zero-order valence-corrected chi connectivity index (χ0v) is 17.9. The fourth-order valence-corrected chi connectivity index (χ4v) is 4.15. The van der Waals surface area contributed by atoms with Gasteiger partial charge in [0.15, 0.2) is 0 Å². The lowest BCUT2D eigenvalue weighted by molar-refractivity contribution is 0.240. The van der Waals surface area contributed by atoms with E-state index in [1.165, 1.54) is 23.7 Å². The normalized spacial score (nSPS) is 14.4. The first-order chi connectivity index (χ1) is 15.2. The quantitative estimate of drug-likeness (QED) is 0.590. The molecule has 7 nitrogen and oxygen atoms in total. The van der Waals surface area contributed by atoms with Crippen LogP contribution in [0, 0.1) is 5.82 Å². The molecule has 0 saturated carbocycles. The molecule has 1 aromatic heterocycles. The monoisotopic (exact) mass is 440 g/mol. The van der Waals surface area contributed by atoms with Gasteiger partial charge < -0.3 is 15.5 Å². The number of urea groups is 1. The maximum atomic E-state index is 13.0. The van der Waals surface area contributed by atoms with Crippen molar-refractivity contribution in [3.63, 3.8) is 0 Å². The number of carbonyl (C=O) groups excluding carboxylic acids is 1. The molecule has 1 aliphatic heterocycles. The standard InChI is InChI=1S/C22H25FN6OS/c23-18-8-6-17(7-9-18)16-20-26-22(31-27-20)29-14-12-28(13-15-29)11-10-24-21(30)25-19-4-2-1-3-5-19/h1-9H,10-16H2,(H2,24,25,30). The highest BCUT2D eigenvalue weighted by Gasteiger charge is 2.20. The number of benzene rings is 2. The molecule has 162 valence electrons. The van der Waals surface area contributed by atoms with Gasteiger partial charge in [-0.2, -0.15) is 4.37 Å². The third kappa shape index (κ3) is 6.22. The van der Waals surface area contributed by atoms with Crippen molar-refractivity contribution in [1.82, 2.24) is 19.6 Å². The number of hydrogen-bond acceptors (Lipinski definition) is 6. The average molecular weight is 441 g/mol. The van der Waals surface area contributed by atoms with E-state index in [0.717, 1.165) is 54.9 Å². The van der Waals surface area contributed by atoms with Crippen LogP contribution in [0.25, 0.3) is 0 Å². The third-order valence-corrected chi connectivity index (χ3v) is 5.94. The van der Waals surface area contributed by atoms with E-state index in [1.807, 2.05) is 30.3 Å². The molecule has 1 aliphatic rings. The highest BCUT2D eigenvalue weighted by atomic mass is 32.1. The van der Waals surface area contributed by atoms with Gasteiger partial charge in [-0.05, 0) is 29.8 Å². The minimum atomic E-state index is -0.236. The lowest BCUT2D eigenvalue weighted by Gasteiger charge is -2.34. The number of nitrogens with zero attached hydrogens (tertiary/aromatic N) is 4.